The number of hydrazine groups is 1. The summed E-state index contributed by atoms with van der Waals surface area (Å²) < 4.78 is 0. The molecule has 1 atom stereocenters. The second-order valence-electron chi connectivity index (χ2n) is 4.02. The Kier molecular flexibility index (Phi) is 4.19. The summed E-state index contributed by atoms with van der Waals surface area (Å²) in [5.41, 5.74) is 5.72. The Balaban J connectivity index is 2.42. The van der Waals surface area contributed by atoms with E-state index < -0.39 is 0 Å². The van der Waals surface area contributed by atoms with Gasteiger partial charge in [-0.1, -0.05) is 35.3 Å². The molecule has 1 unspecified atom stereocenters. The smallest absolute Gasteiger partial charge is 0.129 e. The summed E-state index contributed by atoms with van der Waals surface area (Å²) >= 11 is 12.0. The van der Waals surface area contributed by atoms with Crippen LogP contribution in [0.5, 0.6) is 0 Å². The number of nitrogens with one attached hydrogen (secondary N) is 1. The molecule has 0 bridgehead atoms. The molecule has 0 saturated heterocycles. The van der Waals surface area contributed by atoms with Crippen LogP contribution in [0.4, 0.5) is 0 Å². The van der Waals surface area contributed by atoms with Crippen LogP contribution in [0.1, 0.15) is 22.7 Å². The molecule has 2 rings (SSSR count). The average Bonchev–Trinajstić information content (AvgIpc) is 2.35. The number of nitrogens with two attached hydrogens (primary N) is 1. The first-order chi connectivity index (χ1) is 8.61. The van der Waals surface area contributed by atoms with E-state index in [9.17, 15) is 0 Å². The van der Waals surface area contributed by atoms with Gasteiger partial charge in [-0.15, -0.1) is 0 Å². The van der Waals surface area contributed by atoms with Gasteiger partial charge in [-0.3, -0.25) is 5.84 Å². The van der Waals surface area contributed by atoms with Crippen molar-refractivity contribution in [2.45, 2.75) is 13.0 Å². The van der Waals surface area contributed by atoms with Gasteiger partial charge in [0.1, 0.15) is 5.15 Å². The van der Waals surface area contributed by atoms with Crippen LogP contribution in [0.25, 0.3) is 0 Å². The highest BCUT2D eigenvalue weighted by Gasteiger charge is 2.13. The lowest BCUT2D eigenvalue weighted by molar-refractivity contribution is 0.636. The van der Waals surface area contributed by atoms with E-state index in [0.717, 1.165) is 16.7 Å². The molecular weight excluding hydrogens is 269 g/mol. The van der Waals surface area contributed by atoms with E-state index in [1.807, 2.05) is 31.2 Å². The van der Waals surface area contributed by atoms with Gasteiger partial charge in [0.2, 0.25) is 0 Å². The molecule has 0 radical (unpaired) electrons. The Bertz CT molecular complexity index is 558. The lowest BCUT2D eigenvalue weighted by atomic mass is 9.99. The summed E-state index contributed by atoms with van der Waals surface area (Å²) in [5.74, 6) is 5.62. The maximum Gasteiger partial charge on any atom is 0.129 e. The second kappa shape index (κ2) is 5.67. The molecule has 0 spiro atoms. The molecule has 5 heteroatoms. The van der Waals surface area contributed by atoms with Crippen molar-refractivity contribution < 1.29 is 0 Å². The van der Waals surface area contributed by atoms with Crippen LogP contribution in [0.3, 0.4) is 0 Å². The number of hydrogen-bond acceptors (Lipinski definition) is 3. The van der Waals surface area contributed by atoms with Crippen LogP contribution in [-0.4, -0.2) is 4.98 Å². The minimum atomic E-state index is -0.163. The molecule has 2 aromatic rings. The zero-order valence-electron chi connectivity index (χ0n) is 9.82. The molecule has 0 aliphatic carbocycles. The molecule has 18 heavy (non-hydrogen) atoms. The van der Waals surface area contributed by atoms with E-state index in [-0.39, 0.29) is 6.04 Å². The number of halogens is 2. The number of hydrogen-bond donors (Lipinski definition) is 2. The number of nitrogens with zero attached hydrogens (tertiary/aromatic N) is 1. The molecule has 1 aromatic carbocycles. The average molecular weight is 282 g/mol. The van der Waals surface area contributed by atoms with E-state index in [4.69, 9.17) is 29.0 Å². The van der Waals surface area contributed by atoms with Crippen LogP contribution in [0.15, 0.2) is 36.5 Å². The molecule has 94 valence electrons. The fraction of sp³-hybridized carbons (Fsp3) is 0.154. The van der Waals surface area contributed by atoms with Gasteiger partial charge >= 0.3 is 0 Å². The molecule has 0 amide bonds. The Hall–Kier alpha value is -1.13. The molecule has 0 fully saturated rings. The first-order valence-electron chi connectivity index (χ1n) is 5.45. The fourth-order valence-corrected chi connectivity index (χ4v) is 2.14. The standard InChI is InChI=1S/C13H13Cl2N3/c1-8-2-3-9(6-11(8)14)13(18-16)10-4-5-17-12(15)7-10/h2-7,13,18H,16H2,1H3. The maximum atomic E-state index is 6.13. The van der Waals surface area contributed by atoms with Gasteiger partial charge in [-0.05, 0) is 41.8 Å². The highest BCUT2D eigenvalue weighted by Crippen LogP contribution is 2.26. The van der Waals surface area contributed by atoms with Crippen LogP contribution >= 0.6 is 23.2 Å². The van der Waals surface area contributed by atoms with E-state index in [1.165, 1.54) is 0 Å². The molecule has 1 aromatic heterocycles. The van der Waals surface area contributed by atoms with Crippen LogP contribution < -0.4 is 11.3 Å². The van der Waals surface area contributed by atoms with Crippen molar-refractivity contribution in [2.24, 2.45) is 5.84 Å². The summed E-state index contributed by atoms with van der Waals surface area (Å²) in [7, 11) is 0. The van der Waals surface area contributed by atoms with Gasteiger partial charge in [-0.25, -0.2) is 10.4 Å². The van der Waals surface area contributed by atoms with E-state index >= 15 is 0 Å². The van der Waals surface area contributed by atoms with Crippen molar-refractivity contribution in [3.8, 4) is 0 Å². The van der Waals surface area contributed by atoms with E-state index in [0.29, 0.717) is 10.2 Å². The fourth-order valence-electron chi connectivity index (χ4n) is 1.77. The molecular formula is C13H13Cl2N3. The Morgan fingerprint density at radius 2 is 1.89 bits per heavy atom. The highest BCUT2D eigenvalue weighted by atomic mass is 35.5. The summed E-state index contributed by atoms with van der Waals surface area (Å²) in [6.07, 6.45) is 1.65. The van der Waals surface area contributed by atoms with Crippen molar-refractivity contribution in [3.05, 3.63) is 63.4 Å². The van der Waals surface area contributed by atoms with Crippen molar-refractivity contribution in [1.82, 2.24) is 10.4 Å². The first kappa shape index (κ1) is 13.3. The summed E-state index contributed by atoms with van der Waals surface area (Å²) in [6, 6.07) is 9.33. The first-order valence-corrected chi connectivity index (χ1v) is 6.21. The predicted molar refractivity (Wildman–Crippen MR) is 74.6 cm³/mol. The van der Waals surface area contributed by atoms with Crippen molar-refractivity contribution in [2.75, 3.05) is 0 Å². The van der Waals surface area contributed by atoms with E-state index in [2.05, 4.69) is 10.4 Å². The quantitative estimate of drug-likeness (QED) is 0.516. The lowest BCUT2D eigenvalue weighted by Crippen LogP contribution is -2.28. The topological polar surface area (TPSA) is 50.9 Å². The van der Waals surface area contributed by atoms with Crippen molar-refractivity contribution >= 4 is 23.2 Å². The number of aryl methyl sites for hydroxylation is 1. The van der Waals surface area contributed by atoms with Crippen molar-refractivity contribution in [3.63, 3.8) is 0 Å². The minimum Gasteiger partial charge on any atom is -0.271 e. The number of rotatable bonds is 3. The van der Waals surface area contributed by atoms with E-state index in [1.54, 1.807) is 12.3 Å². The lowest BCUT2D eigenvalue weighted by Gasteiger charge is -2.17. The van der Waals surface area contributed by atoms with Gasteiger partial charge in [0.05, 0.1) is 6.04 Å². The molecule has 1 heterocycles. The van der Waals surface area contributed by atoms with Crippen LogP contribution in [0, 0.1) is 6.92 Å². The highest BCUT2D eigenvalue weighted by molar-refractivity contribution is 6.31. The summed E-state index contributed by atoms with van der Waals surface area (Å²) in [4.78, 5) is 3.95. The van der Waals surface area contributed by atoms with Crippen LogP contribution in [-0.2, 0) is 0 Å². The third-order valence-corrected chi connectivity index (χ3v) is 3.39. The SMILES string of the molecule is Cc1ccc(C(NN)c2ccnc(Cl)c2)cc1Cl. The van der Waals surface area contributed by atoms with Gasteiger partial charge in [0.25, 0.3) is 0 Å². The normalized spacial score (nSPS) is 12.4. The van der Waals surface area contributed by atoms with Crippen molar-refractivity contribution in [1.29, 1.82) is 0 Å². The monoisotopic (exact) mass is 281 g/mol. The Morgan fingerprint density at radius 3 is 2.50 bits per heavy atom. The maximum absolute atomic E-state index is 6.13. The summed E-state index contributed by atoms with van der Waals surface area (Å²) in [6.45, 7) is 1.96. The third-order valence-electron chi connectivity index (χ3n) is 2.78. The van der Waals surface area contributed by atoms with Gasteiger partial charge < -0.3 is 0 Å². The number of pyridine rings is 1. The largest absolute Gasteiger partial charge is 0.271 e. The minimum absolute atomic E-state index is 0.163. The van der Waals surface area contributed by atoms with Gasteiger partial charge in [0.15, 0.2) is 0 Å². The Morgan fingerprint density at radius 1 is 1.17 bits per heavy atom. The summed E-state index contributed by atoms with van der Waals surface area (Å²) in [5, 5.41) is 1.15. The number of aromatic nitrogens is 1. The molecule has 0 saturated carbocycles. The Labute approximate surface area is 116 Å². The zero-order chi connectivity index (χ0) is 13.1. The molecule has 0 aliphatic rings. The number of benzene rings is 1. The zero-order valence-corrected chi connectivity index (χ0v) is 11.3. The third kappa shape index (κ3) is 2.82. The predicted octanol–water partition coefficient (Wildman–Crippen LogP) is 3.25. The molecule has 0 aliphatic heterocycles. The second-order valence-corrected chi connectivity index (χ2v) is 4.81. The molecule has 3 nitrogen and oxygen atoms in total. The van der Waals surface area contributed by atoms with Crippen LogP contribution in [0.2, 0.25) is 10.2 Å². The van der Waals surface area contributed by atoms with Gasteiger partial charge in [0, 0.05) is 11.2 Å². The van der Waals surface area contributed by atoms with Gasteiger partial charge in [-0.2, -0.15) is 0 Å². The molecule has 3 N–H and O–H groups in total.